The van der Waals surface area contributed by atoms with E-state index in [0.29, 0.717) is 0 Å². The van der Waals surface area contributed by atoms with Gasteiger partial charge in [0.05, 0.1) is 0 Å². The van der Waals surface area contributed by atoms with E-state index in [2.05, 4.69) is 29.2 Å². The molecule has 3 heteroatoms. The molecule has 0 aromatic heterocycles. The minimum absolute atomic E-state index is 0.284. The van der Waals surface area contributed by atoms with Gasteiger partial charge in [-0.1, -0.05) is 18.2 Å². The maximum Gasteiger partial charge on any atom is 0.176 e. The summed E-state index contributed by atoms with van der Waals surface area (Å²) in [6, 6.07) is 8.28. The van der Waals surface area contributed by atoms with Crippen LogP contribution in [-0.4, -0.2) is 34.6 Å². The van der Waals surface area contributed by atoms with Gasteiger partial charge in [-0.15, -0.1) is 0 Å². The van der Waals surface area contributed by atoms with Crippen LogP contribution in [0.2, 0.25) is 0 Å². The van der Waals surface area contributed by atoms with E-state index in [1.54, 1.807) is 14.2 Å². The van der Waals surface area contributed by atoms with Crippen molar-refractivity contribution < 1.29 is 9.47 Å². The van der Waals surface area contributed by atoms with Gasteiger partial charge >= 0.3 is 0 Å². The second-order valence-corrected chi connectivity index (χ2v) is 3.68. The first-order valence-electron chi connectivity index (χ1n) is 5.18. The lowest BCUT2D eigenvalue weighted by Gasteiger charge is -2.12. The first-order chi connectivity index (χ1) is 7.67. The van der Waals surface area contributed by atoms with Crippen molar-refractivity contribution in [3.8, 4) is 0 Å². The first kappa shape index (κ1) is 12.7. The van der Waals surface area contributed by atoms with E-state index in [1.165, 1.54) is 5.69 Å². The monoisotopic (exact) mass is 221 g/mol. The van der Waals surface area contributed by atoms with Gasteiger partial charge < -0.3 is 14.4 Å². The summed E-state index contributed by atoms with van der Waals surface area (Å²) in [5, 5.41) is 0. The SMILES string of the molecule is COC(/C=C/c1ccc(N(C)C)cc1)OC. The molecule has 0 saturated carbocycles. The molecular formula is C13H19NO2. The molecule has 0 amide bonds. The topological polar surface area (TPSA) is 21.7 Å². The Morgan fingerprint density at radius 3 is 2.06 bits per heavy atom. The Morgan fingerprint density at radius 2 is 1.62 bits per heavy atom. The zero-order chi connectivity index (χ0) is 12.0. The quantitative estimate of drug-likeness (QED) is 0.713. The highest BCUT2D eigenvalue weighted by Gasteiger charge is 1.98. The molecule has 1 rings (SSSR count). The number of methoxy groups -OCH3 is 2. The van der Waals surface area contributed by atoms with E-state index >= 15 is 0 Å². The lowest BCUT2D eigenvalue weighted by molar-refractivity contribution is -0.0660. The minimum atomic E-state index is -0.284. The average molecular weight is 221 g/mol. The molecule has 0 N–H and O–H groups in total. The van der Waals surface area contributed by atoms with Gasteiger partial charge in [0.25, 0.3) is 0 Å². The number of benzene rings is 1. The van der Waals surface area contributed by atoms with Crippen molar-refractivity contribution in [3.05, 3.63) is 35.9 Å². The van der Waals surface area contributed by atoms with E-state index in [0.717, 1.165) is 5.56 Å². The fraction of sp³-hybridized carbons (Fsp3) is 0.385. The van der Waals surface area contributed by atoms with Gasteiger partial charge in [-0.05, 0) is 23.8 Å². The zero-order valence-electron chi connectivity index (χ0n) is 10.3. The Kier molecular flexibility index (Phi) is 5.02. The Bertz CT molecular complexity index is 326. The third-order valence-corrected chi connectivity index (χ3v) is 2.32. The van der Waals surface area contributed by atoms with E-state index < -0.39 is 0 Å². The van der Waals surface area contributed by atoms with Crippen LogP contribution in [0.4, 0.5) is 5.69 Å². The van der Waals surface area contributed by atoms with Gasteiger partial charge in [0.1, 0.15) is 0 Å². The van der Waals surface area contributed by atoms with E-state index in [9.17, 15) is 0 Å². The number of nitrogens with zero attached hydrogens (tertiary/aromatic N) is 1. The van der Waals surface area contributed by atoms with Crippen LogP contribution in [0, 0.1) is 0 Å². The number of ether oxygens (including phenoxy) is 2. The van der Waals surface area contributed by atoms with E-state index in [1.807, 2.05) is 26.2 Å². The van der Waals surface area contributed by atoms with Gasteiger partial charge in [0.2, 0.25) is 0 Å². The van der Waals surface area contributed by atoms with Crippen molar-refractivity contribution in [3.63, 3.8) is 0 Å². The minimum Gasteiger partial charge on any atom is -0.378 e. The summed E-state index contributed by atoms with van der Waals surface area (Å²) in [6.07, 6.45) is 3.58. The molecule has 0 spiro atoms. The normalized spacial score (nSPS) is 11.3. The lowest BCUT2D eigenvalue weighted by atomic mass is 10.2. The van der Waals surface area contributed by atoms with E-state index in [4.69, 9.17) is 9.47 Å². The fourth-order valence-electron chi connectivity index (χ4n) is 1.33. The molecule has 0 aliphatic heterocycles. The highest BCUT2D eigenvalue weighted by Crippen LogP contribution is 2.13. The predicted octanol–water partition coefficient (Wildman–Crippen LogP) is 2.38. The molecule has 16 heavy (non-hydrogen) atoms. The Labute approximate surface area is 97.3 Å². The fourth-order valence-corrected chi connectivity index (χ4v) is 1.33. The molecule has 88 valence electrons. The summed E-state index contributed by atoms with van der Waals surface area (Å²) in [5.41, 5.74) is 2.32. The molecule has 0 heterocycles. The van der Waals surface area contributed by atoms with Crippen molar-refractivity contribution in [2.45, 2.75) is 6.29 Å². The van der Waals surface area contributed by atoms with Gasteiger partial charge in [0, 0.05) is 34.0 Å². The van der Waals surface area contributed by atoms with Crippen LogP contribution in [0.5, 0.6) is 0 Å². The molecule has 0 atom stereocenters. The molecular weight excluding hydrogens is 202 g/mol. The zero-order valence-corrected chi connectivity index (χ0v) is 10.3. The summed E-state index contributed by atoms with van der Waals surface area (Å²) < 4.78 is 10.1. The van der Waals surface area contributed by atoms with Gasteiger partial charge in [-0.2, -0.15) is 0 Å². The molecule has 0 bridgehead atoms. The second kappa shape index (κ2) is 6.30. The summed E-state index contributed by atoms with van der Waals surface area (Å²) in [7, 11) is 7.29. The van der Waals surface area contributed by atoms with Crippen molar-refractivity contribution in [2.24, 2.45) is 0 Å². The van der Waals surface area contributed by atoms with Crippen LogP contribution in [0.15, 0.2) is 30.3 Å². The summed E-state index contributed by atoms with van der Waals surface area (Å²) in [4.78, 5) is 2.07. The molecule has 0 aliphatic carbocycles. The maximum absolute atomic E-state index is 5.07. The number of rotatable bonds is 5. The largest absolute Gasteiger partial charge is 0.378 e. The number of anilines is 1. The van der Waals surface area contributed by atoms with Crippen molar-refractivity contribution >= 4 is 11.8 Å². The molecule has 3 nitrogen and oxygen atoms in total. The van der Waals surface area contributed by atoms with Crippen LogP contribution < -0.4 is 4.90 Å². The highest BCUT2D eigenvalue weighted by atomic mass is 16.7. The van der Waals surface area contributed by atoms with Crippen LogP contribution in [0.1, 0.15) is 5.56 Å². The van der Waals surface area contributed by atoms with Crippen LogP contribution in [-0.2, 0) is 9.47 Å². The molecule has 0 saturated heterocycles. The Morgan fingerprint density at radius 1 is 1.06 bits per heavy atom. The predicted molar refractivity (Wildman–Crippen MR) is 67.6 cm³/mol. The standard InChI is InChI=1S/C13H19NO2/c1-14(2)12-8-5-11(6-9-12)7-10-13(15-3)16-4/h5-10,13H,1-4H3/b10-7+. The maximum atomic E-state index is 5.07. The van der Waals surface area contributed by atoms with Gasteiger partial charge in [0.15, 0.2) is 6.29 Å². The molecule has 0 aliphatic rings. The number of hydrogen-bond acceptors (Lipinski definition) is 3. The Hall–Kier alpha value is -1.32. The Balaban J connectivity index is 2.68. The summed E-state index contributed by atoms with van der Waals surface area (Å²) in [5.74, 6) is 0. The average Bonchev–Trinajstić information content (AvgIpc) is 2.31. The van der Waals surface area contributed by atoms with Crippen molar-refractivity contribution in [2.75, 3.05) is 33.2 Å². The lowest BCUT2D eigenvalue weighted by Crippen LogP contribution is -2.08. The van der Waals surface area contributed by atoms with Crippen molar-refractivity contribution in [1.29, 1.82) is 0 Å². The van der Waals surface area contributed by atoms with Crippen LogP contribution in [0.3, 0.4) is 0 Å². The van der Waals surface area contributed by atoms with Gasteiger partial charge in [-0.25, -0.2) is 0 Å². The molecule has 0 fully saturated rings. The van der Waals surface area contributed by atoms with E-state index in [-0.39, 0.29) is 6.29 Å². The summed E-state index contributed by atoms with van der Waals surface area (Å²) >= 11 is 0. The second-order valence-electron chi connectivity index (χ2n) is 3.68. The van der Waals surface area contributed by atoms with Gasteiger partial charge in [-0.3, -0.25) is 0 Å². The first-order valence-corrected chi connectivity index (χ1v) is 5.18. The van der Waals surface area contributed by atoms with Crippen LogP contribution >= 0.6 is 0 Å². The molecule has 1 aromatic rings. The van der Waals surface area contributed by atoms with Crippen LogP contribution in [0.25, 0.3) is 6.08 Å². The molecule has 0 unspecified atom stereocenters. The van der Waals surface area contributed by atoms with Crippen molar-refractivity contribution in [1.82, 2.24) is 0 Å². The smallest absolute Gasteiger partial charge is 0.176 e. The summed E-state index contributed by atoms with van der Waals surface area (Å²) in [6.45, 7) is 0. The third-order valence-electron chi connectivity index (χ3n) is 2.32. The molecule has 0 radical (unpaired) electrons. The third kappa shape index (κ3) is 3.68. The number of hydrogen-bond donors (Lipinski definition) is 0. The highest BCUT2D eigenvalue weighted by molar-refractivity contribution is 5.55. The molecule has 1 aromatic carbocycles.